The number of carbonyl (C=O) groups is 1. The zero-order chi connectivity index (χ0) is 12.9. The minimum atomic E-state index is -0.105. The van der Waals surface area contributed by atoms with E-state index in [1.54, 1.807) is 0 Å². The molecule has 0 heterocycles. The summed E-state index contributed by atoms with van der Waals surface area (Å²) in [5.41, 5.74) is 0. The summed E-state index contributed by atoms with van der Waals surface area (Å²) in [6.45, 7) is 2.22. The van der Waals surface area contributed by atoms with Crippen LogP contribution in [0.25, 0.3) is 0 Å². The number of unbranched alkanes of at least 4 members (excludes halogenated alkanes) is 5. The molecule has 0 spiro atoms. The van der Waals surface area contributed by atoms with Crippen LogP contribution in [0.1, 0.15) is 71.1 Å². The summed E-state index contributed by atoms with van der Waals surface area (Å²) in [6.07, 6.45) is 11.0. The van der Waals surface area contributed by atoms with Gasteiger partial charge in [0.05, 0.1) is 7.11 Å². The average Bonchev–Trinajstić information content (AvgIpc) is 2.34. The number of methoxy groups -OCH3 is 1. The van der Waals surface area contributed by atoms with Crippen LogP contribution in [0.5, 0.6) is 0 Å². The molecule has 2 nitrogen and oxygen atoms in total. The fourth-order valence-corrected chi connectivity index (χ4v) is 2.16. The SMILES string of the molecule is CCCCCCC(Cl)CCCCCC(=O)OC. The van der Waals surface area contributed by atoms with Crippen LogP contribution in [0.4, 0.5) is 0 Å². The Hall–Kier alpha value is -0.240. The van der Waals surface area contributed by atoms with Gasteiger partial charge < -0.3 is 4.74 Å². The summed E-state index contributed by atoms with van der Waals surface area (Å²) in [4.78, 5) is 10.9. The Morgan fingerprint density at radius 3 is 2.18 bits per heavy atom. The van der Waals surface area contributed by atoms with Crippen molar-refractivity contribution in [2.45, 2.75) is 76.5 Å². The van der Waals surface area contributed by atoms with Crippen LogP contribution >= 0.6 is 11.6 Å². The minimum Gasteiger partial charge on any atom is -0.469 e. The molecule has 1 atom stereocenters. The average molecular weight is 263 g/mol. The van der Waals surface area contributed by atoms with Gasteiger partial charge in [-0.2, -0.15) is 0 Å². The Bertz CT molecular complexity index is 183. The van der Waals surface area contributed by atoms with Gasteiger partial charge in [0.15, 0.2) is 0 Å². The van der Waals surface area contributed by atoms with Crippen LogP contribution in [0, 0.1) is 0 Å². The molecule has 0 N–H and O–H groups in total. The van der Waals surface area contributed by atoms with E-state index in [1.807, 2.05) is 0 Å². The number of ether oxygens (including phenoxy) is 1. The van der Waals surface area contributed by atoms with Crippen LogP contribution in [-0.2, 0) is 9.53 Å². The summed E-state index contributed by atoms with van der Waals surface area (Å²) in [5, 5.41) is 0.324. The van der Waals surface area contributed by atoms with E-state index >= 15 is 0 Å². The van der Waals surface area contributed by atoms with Crippen molar-refractivity contribution in [3.8, 4) is 0 Å². The zero-order valence-corrected chi connectivity index (χ0v) is 12.1. The Morgan fingerprint density at radius 1 is 1.06 bits per heavy atom. The summed E-state index contributed by atoms with van der Waals surface area (Å²) >= 11 is 6.24. The largest absolute Gasteiger partial charge is 0.469 e. The van der Waals surface area contributed by atoms with Crippen molar-refractivity contribution in [3.63, 3.8) is 0 Å². The molecule has 0 rings (SSSR count). The van der Waals surface area contributed by atoms with Crippen LogP contribution in [0.2, 0.25) is 0 Å². The van der Waals surface area contributed by atoms with Crippen molar-refractivity contribution in [3.05, 3.63) is 0 Å². The molecule has 0 aromatic carbocycles. The van der Waals surface area contributed by atoms with Gasteiger partial charge >= 0.3 is 5.97 Å². The molecule has 0 bridgehead atoms. The zero-order valence-electron chi connectivity index (χ0n) is 11.3. The second-order valence-corrected chi connectivity index (χ2v) is 5.24. The topological polar surface area (TPSA) is 26.3 Å². The highest BCUT2D eigenvalue weighted by atomic mass is 35.5. The lowest BCUT2D eigenvalue weighted by molar-refractivity contribution is -0.140. The standard InChI is InChI=1S/C14H27ClO2/c1-3-4-5-7-10-13(15)11-8-6-9-12-14(16)17-2/h13H,3-12H2,1-2H3. The molecule has 0 aliphatic rings. The second kappa shape index (κ2) is 12.2. The van der Waals surface area contributed by atoms with Gasteiger partial charge in [-0.05, 0) is 19.3 Å². The molecule has 3 heteroatoms. The van der Waals surface area contributed by atoms with Crippen LogP contribution in [0.3, 0.4) is 0 Å². The maximum absolute atomic E-state index is 10.9. The molecule has 0 radical (unpaired) electrons. The van der Waals surface area contributed by atoms with E-state index < -0.39 is 0 Å². The van der Waals surface area contributed by atoms with Crippen molar-refractivity contribution >= 4 is 17.6 Å². The third kappa shape index (κ3) is 12.0. The maximum atomic E-state index is 10.9. The number of hydrogen-bond acceptors (Lipinski definition) is 2. The highest BCUT2D eigenvalue weighted by Crippen LogP contribution is 2.17. The van der Waals surface area contributed by atoms with Crippen molar-refractivity contribution in [1.82, 2.24) is 0 Å². The lowest BCUT2D eigenvalue weighted by Gasteiger charge is -2.08. The van der Waals surface area contributed by atoms with Crippen molar-refractivity contribution in [1.29, 1.82) is 0 Å². The molecule has 0 fully saturated rings. The molecule has 0 amide bonds. The van der Waals surface area contributed by atoms with Gasteiger partial charge in [0.1, 0.15) is 0 Å². The van der Waals surface area contributed by atoms with E-state index in [9.17, 15) is 4.79 Å². The molecule has 0 saturated heterocycles. The predicted octanol–water partition coefficient (Wildman–Crippen LogP) is 4.69. The minimum absolute atomic E-state index is 0.105. The van der Waals surface area contributed by atoms with Gasteiger partial charge in [-0.25, -0.2) is 0 Å². The van der Waals surface area contributed by atoms with Gasteiger partial charge in [-0.15, -0.1) is 11.6 Å². The summed E-state index contributed by atoms with van der Waals surface area (Å²) in [7, 11) is 1.44. The first-order valence-corrected chi connectivity index (χ1v) is 7.35. The highest BCUT2D eigenvalue weighted by Gasteiger charge is 2.05. The van der Waals surface area contributed by atoms with Gasteiger partial charge in [-0.1, -0.05) is 45.4 Å². The second-order valence-electron chi connectivity index (χ2n) is 4.62. The fraction of sp³-hybridized carbons (Fsp3) is 0.929. The molecular formula is C14H27ClO2. The van der Waals surface area contributed by atoms with Gasteiger partial charge in [0.25, 0.3) is 0 Å². The number of esters is 1. The third-order valence-electron chi connectivity index (χ3n) is 3.00. The predicted molar refractivity (Wildman–Crippen MR) is 73.5 cm³/mol. The van der Waals surface area contributed by atoms with E-state index in [0.717, 1.165) is 32.1 Å². The number of hydrogen-bond donors (Lipinski definition) is 0. The van der Waals surface area contributed by atoms with E-state index in [1.165, 1.54) is 32.8 Å². The lowest BCUT2D eigenvalue weighted by atomic mass is 10.1. The summed E-state index contributed by atoms with van der Waals surface area (Å²) < 4.78 is 4.59. The fourth-order valence-electron chi connectivity index (χ4n) is 1.85. The summed E-state index contributed by atoms with van der Waals surface area (Å²) in [5.74, 6) is -0.105. The van der Waals surface area contributed by atoms with Gasteiger partial charge in [0, 0.05) is 11.8 Å². The van der Waals surface area contributed by atoms with E-state index in [2.05, 4.69) is 11.7 Å². The molecule has 17 heavy (non-hydrogen) atoms. The lowest BCUT2D eigenvalue weighted by Crippen LogP contribution is -2.01. The molecule has 0 aromatic heterocycles. The first-order chi connectivity index (χ1) is 8.20. The smallest absolute Gasteiger partial charge is 0.305 e. The van der Waals surface area contributed by atoms with E-state index in [-0.39, 0.29) is 5.97 Å². The molecule has 102 valence electrons. The van der Waals surface area contributed by atoms with Crippen LogP contribution < -0.4 is 0 Å². The molecular weight excluding hydrogens is 236 g/mol. The molecule has 0 aromatic rings. The maximum Gasteiger partial charge on any atom is 0.305 e. The third-order valence-corrected chi connectivity index (χ3v) is 3.43. The first kappa shape index (κ1) is 16.8. The van der Waals surface area contributed by atoms with E-state index in [0.29, 0.717) is 11.8 Å². The Labute approximate surface area is 111 Å². The Balaban J connectivity index is 3.21. The number of rotatable bonds is 11. The van der Waals surface area contributed by atoms with Crippen molar-refractivity contribution < 1.29 is 9.53 Å². The monoisotopic (exact) mass is 262 g/mol. The van der Waals surface area contributed by atoms with E-state index in [4.69, 9.17) is 11.6 Å². The molecule has 0 saturated carbocycles. The Kier molecular flexibility index (Phi) is 12.1. The van der Waals surface area contributed by atoms with Gasteiger partial charge in [-0.3, -0.25) is 4.79 Å². The molecule has 0 aliphatic heterocycles. The van der Waals surface area contributed by atoms with Crippen LogP contribution in [-0.4, -0.2) is 18.5 Å². The quantitative estimate of drug-likeness (QED) is 0.307. The van der Waals surface area contributed by atoms with Crippen LogP contribution in [0.15, 0.2) is 0 Å². The Morgan fingerprint density at radius 2 is 1.65 bits per heavy atom. The number of carbonyl (C=O) groups excluding carboxylic acids is 1. The molecule has 1 unspecified atom stereocenters. The molecule has 0 aliphatic carbocycles. The highest BCUT2D eigenvalue weighted by molar-refractivity contribution is 6.20. The van der Waals surface area contributed by atoms with Crippen molar-refractivity contribution in [2.75, 3.05) is 7.11 Å². The van der Waals surface area contributed by atoms with Crippen molar-refractivity contribution in [2.24, 2.45) is 0 Å². The summed E-state index contributed by atoms with van der Waals surface area (Å²) in [6, 6.07) is 0. The normalized spacial score (nSPS) is 12.4. The number of alkyl halides is 1. The first-order valence-electron chi connectivity index (χ1n) is 6.91. The van der Waals surface area contributed by atoms with Gasteiger partial charge in [0.2, 0.25) is 0 Å². The number of halogens is 1.